The number of aromatic nitrogens is 3. The number of amides is 1. The maximum absolute atomic E-state index is 12.0. The minimum Gasteiger partial charge on any atom is -0.441 e. The van der Waals surface area contributed by atoms with Crippen molar-refractivity contribution in [3.8, 4) is 0 Å². The third-order valence-corrected chi connectivity index (χ3v) is 6.10. The van der Waals surface area contributed by atoms with Crippen LogP contribution in [0, 0.1) is 0 Å². The fourth-order valence-corrected chi connectivity index (χ4v) is 4.95. The first-order valence-electron chi connectivity index (χ1n) is 10.4. The first-order chi connectivity index (χ1) is 15.4. The Morgan fingerprint density at radius 3 is 2.50 bits per heavy atom. The summed E-state index contributed by atoms with van der Waals surface area (Å²) in [6.45, 7) is 7.37. The second-order valence-corrected chi connectivity index (χ2v) is 9.46. The molecule has 32 heavy (non-hydrogen) atoms. The molecule has 0 unspecified atom stereocenters. The molecule has 0 atom stereocenters. The minimum absolute atomic E-state index is 0.0667. The summed E-state index contributed by atoms with van der Waals surface area (Å²) in [5.41, 5.74) is 1.99. The number of rotatable bonds is 9. The third-order valence-electron chi connectivity index (χ3n) is 4.56. The summed E-state index contributed by atoms with van der Waals surface area (Å²) in [5.74, 6) is 0.839. The van der Waals surface area contributed by atoms with Gasteiger partial charge < -0.3 is 14.6 Å². The van der Waals surface area contributed by atoms with Crippen LogP contribution in [0.5, 0.6) is 0 Å². The molecule has 0 radical (unpaired) electrons. The first-order valence-corrected chi connectivity index (χ1v) is 12.0. The van der Waals surface area contributed by atoms with Crippen molar-refractivity contribution in [1.82, 2.24) is 19.9 Å². The van der Waals surface area contributed by atoms with Gasteiger partial charge in [0.1, 0.15) is 10.9 Å². The maximum atomic E-state index is 12.0. The standard InChI is InChI=1S/C23H26Cl2N4O2S/c1-4-7-27-23(30)31-14-20-28-21(15(2)3)22(29(20)13-16-5-8-26-9-6-16)32-19-11-17(24)10-18(25)12-19/h5-6,8-12,15H,4,7,13-14H2,1-3H3,(H,27,30). The first kappa shape index (κ1) is 24.4. The van der Waals surface area contributed by atoms with Gasteiger partial charge in [-0.15, -0.1) is 0 Å². The Bertz CT molecular complexity index is 1040. The number of halogens is 2. The number of imidazole rings is 1. The molecule has 9 heteroatoms. The highest BCUT2D eigenvalue weighted by Gasteiger charge is 2.22. The number of ether oxygens (including phenoxy) is 1. The fourth-order valence-electron chi connectivity index (χ4n) is 3.04. The topological polar surface area (TPSA) is 69.0 Å². The smallest absolute Gasteiger partial charge is 0.407 e. The van der Waals surface area contributed by atoms with E-state index >= 15 is 0 Å². The van der Waals surface area contributed by atoms with Crippen molar-refractivity contribution in [2.24, 2.45) is 0 Å². The van der Waals surface area contributed by atoms with E-state index in [0.29, 0.717) is 29.0 Å². The van der Waals surface area contributed by atoms with E-state index in [9.17, 15) is 4.79 Å². The number of alkyl carbamates (subject to hydrolysis) is 1. The molecule has 0 aliphatic heterocycles. The van der Waals surface area contributed by atoms with Crippen LogP contribution in [0.25, 0.3) is 0 Å². The molecule has 2 heterocycles. The quantitative estimate of drug-likeness (QED) is 0.366. The summed E-state index contributed by atoms with van der Waals surface area (Å²) < 4.78 is 7.53. The van der Waals surface area contributed by atoms with Crippen LogP contribution >= 0.6 is 35.0 Å². The number of benzene rings is 1. The molecule has 170 valence electrons. The largest absolute Gasteiger partial charge is 0.441 e. The van der Waals surface area contributed by atoms with Gasteiger partial charge in [-0.25, -0.2) is 9.78 Å². The summed E-state index contributed by atoms with van der Waals surface area (Å²) in [6.07, 6.45) is 3.90. The number of carbonyl (C=O) groups is 1. The number of hydrogen-bond donors (Lipinski definition) is 1. The lowest BCUT2D eigenvalue weighted by atomic mass is 10.1. The van der Waals surface area contributed by atoms with Crippen LogP contribution in [0.4, 0.5) is 4.79 Å². The molecule has 0 saturated carbocycles. The van der Waals surface area contributed by atoms with Gasteiger partial charge in [0, 0.05) is 33.9 Å². The van der Waals surface area contributed by atoms with Crippen molar-refractivity contribution in [1.29, 1.82) is 0 Å². The monoisotopic (exact) mass is 492 g/mol. The van der Waals surface area contributed by atoms with Crippen molar-refractivity contribution >= 4 is 41.1 Å². The summed E-state index contributed by atoms with van der Waals surface area (Å²) in [6, 6.07) is 9.37. The van der Waals surface area contributed by atoms with Gasteiger partial charge in [0.05, 0.1) is 12.2 Å². The molecular formula is C23H26Cl2N4O2S. The Morgan fingerprint density at radius 1 is 1.19 bits per heavy atom. The molecule has 0 saturated heterocycles. The van der Waals surface area contributed by atoms with Crippen LogP contribution in [0.1, 0.15) is 50.2 Å². The van der Waals surface area contributed by atoms with E-state index in [1.54, 1.807) is 30.2 Å². The van der Waals surface area contributed by atoms with Crippen LogP contribution in [0.3, 0.4) is 0 Å². The fraction of sp³-hybridized carbons (Fsp3) is 0.348. The van der Waals surface area contributed by atoms with Crippen LogP contribution in [-0.2, 0) is 17.9 Å². The van der Waals surface area contributed by atoms with Crippen molar-refractivity contribution in [3.05, 3.63) is 69.9 Å². The molecule has 6 nitrogen and oxygen atoms in total. The Kier molecular flexibility index (Phi) is 8.84. The second kappa shape index (κ2) is 11.6. The molecule has 3 rings (SSSR count). The highest BCUT2D eigenvalue weighted by molar-refractivity contribution is 7.99. The van der Waals surface area contributed by atoms with Crippen LogP contribution in [0.15, 0.2) is 52.6 Å². The van der Waals surface area contributed by atoms with E-state index in [0.717, 1.165) is 27.6 Å². The number of hydrogen-bond acceptors (Lipinski definition) is 5. The van der Waals surface area contributed by atoms with Gasteiger partial charge in [0.15, 0.2) is 6.61 Å². The lowest BCUT2D eigenvalue weighted by Gasteiger charge is -2.14. The van der Waals surface area contributed by atoms with Gasteiger partial charge in [-0.2, -0.15) is 0 Å². The van der Waals surface area contributed by atoms with Gasteiger partial charge >= 0.3 is 6.09 Å². The number of pyridine rings is 1. The van der Waals surface area contributed by atoms with E-state index in [4.69, 9.17) is 32.9 Å². The highest BCUT2D eigenvalue weighted by atomic mass is 35.5. The third kappa shape index (κ3) is 6.64. The van der Waals surface area contributed by atoms with Crippen molar-refractivity contribution < 1.29 is 9.53 Å². The minimum atomic E-state index is -0.452. The zero-order chi connectivity index (χ0) is 23.1. The molecule has 0 aliphatic carbocycles. The van der Waals surface area contributed by atoms with Crippen molar-refractivity contribution in [3.63, 3.8) is 0 Å². The molecule has 1 aromatic carbocycles. The lowest BCUT2D eigenvalue weighted by Crippen LogP contribution is -2.25. The molecule has 1 N–H and O–H groups in total. The molecule has 0 spiro atoms. The Labute approximate surface area is 202 Å². The summed E-state index contributed by atoms with van der Waals surface area (Å²) in [4.78, 5) is 21.9. The zero-order valence-corrected chi connectivity index (χ0v) is 20.6. The Morgan fingerprint density at radius 2 is 1.88 bits per heavy atom. The van der Waals surface area contributed by atoms with Gasteiger partial charge in [-0.05, 0) is 48.2 Å². The van der Waals surface area contributed by atoms with E-state index in [2.05, 4.69) is 28.7 Å². The molecule has 1 amide bonds. The lowest BCUT2D eigenvalue weighted by molar-refractivity contribution is 0.135. The zero-order valence-electron chi connectivity index (χ0n) is 18.3. The second-order valence-electron chi connectivity index (χ2n) is 7.52. The Balaban J connectivity index is 1.99. The van der Waals surface area contributed by atoms with Crippen LogP contribution in [0.2, 0.25) is 10.0 Å². The number of nitrogens with one attached hydrogen (secondary N) is 1. The molecule has 0 bridgehead atoms. The average molecular weight is 493 g/mol. The van der Waals surface area contributed by atoms with E-state index in [1.807, 2.05) is 31.2 Å². The summed E-state index contributed by atoms with van der Waals surface area (Å²) in [7, 11) is 0. The normalized spacial score (nSPS) is 11.1. The van der Waals surface area contributed by atoms with Gasteiger partial charge in [-0.1, -0.05) is 55.7 Å². The molecular weight excluding hydrogens is 467 g/mol. The van der Waals surface area contributed by atoms with E-state index < -0.39 is 6.09 Å². The summed E-state index contributed by atoms with van der Waals surface area (Å²) >= 11 is 14.0. The number of carbonyl (C=O) groups excluding carboxylic acids is 1. The van der Waals surface area contributed by atoms with Crippen LogP contribution in [-0.4, -0.2) is 27.2 Å². The number of nitrogens with zero attached hydrogens (tertiary/aromatic N) is 3. The van der Waals surface area contributed by atoms with Gasteiger partial charge in [-0.3, -0.25) is 4.98 Å². The molecule has 0 fully saturated rings. The highest BCUT2D eigenvalue weighted by Crippen LogP contribution is 2.37. The predicted molar refractivity (Wildman–Crippen MR) is 129 cm³/mol. The van der Waals surface area contributed by atoms with Gasteiger partial charge in [0.25, 0.3) is 0 Å². The molecule has 2 aromatic heterocycles. The van der Waals surface area contributed by atoms with E-state index in [-0.39, 0.29) is 12.5 Å². The molecule has 0 aliphatic rings. The SMILES string of the molecule is CCCNC(=O)OCc1nc(C(C)C)c(Sc2cc(Cl)cc(Cl)c2)n1Cc1ccncc1. The summed E-state index contributed by atoms with van der Waals surface area (Å²) in [5, 5.41) is 4.83. The van der Waals surface area contributed by atoms with Crippen molar-refractivity contribution in [2.75, 3.05) is 6.54 Å². The average Bonchev–Trinajstić information content (AvgIpc) is 3.08. The predicted octanol–water partition coefficient (Wildman–Crippen LogP) is 6.54. The molecule has 3 aromatic rings. The van der Waals surface area contributed by atoms with Gasteiger partial charge in [0.2, 0.25) is 0 Å². The van der Waals surface area contributed by atoms with Crippen LogP contribution < -0.4 is 5.32 Å². The maximum Gasteiger partial charge on any atom is 0.407 e. The van der Waals surface area contributed by atoms with E-state index in [1.165, 1.54) is 0 Å². The Hall–Kier alpha value is -2.22. The van der Waals surface area contributed by atoms with Crippen molar-refractivity contribution in [2.45, 2.75) is 56.2 Å².